The first-order chi connectivity index (χ1) is 9.70. The Morgan fingerprint density at radius 3 is 2.50 bits per heavy atom. The van der Waals surface area contributed by atoms with Crippen molar-refractivity contribution in [1.82, 2.24) is 9.88 Å². The highest BCUT2D eigenvalue weighted by atomic mass is 79.9. The van der Waals surface area contributed by atoms with Crippen molar-refractivity contribution in [2.45, 2.75) is 44.9 Å². The molecule has 1 aromatic heterocycles. The highest BCUT2D eigenvalue weighted by molar-refractivity contribution is 9.10. The molecule has 1 amide bonds. The number of nitrogens with zero attached hydrogens (tertiary/aromatic N) is 2. The minimum atomic E-state index is 0.121. The van der Waals surface area contributed by atoms with Crippen LogP contribution in [0.4, 0.5) is 0 Å². The van der Waals surface area contributed by atoms with Gasteiger partial charge in [-0.05, 0) is 59.2 Å². The van der Waals surface area contributed by atoms with Crippen LogP contribution >= 0.6 is 15.9 Å². The molecule has 20 heavy (non-hydrogen) atoms. The van der Waals surface area contributed by atoms with Gasteiger partial charge in [0.05, 0.1) is 5.56 Å². The van der Waals surface area contributed by atoms with Gasteiger partial charge in [-0.3, -0.25) is 4.79 Å². The zero-order valence-corrected chi connectivity index (χ0v) is 13.4. The molecule has 1 saturated carbocycles. The summed E-state index contributed by atoms with van der Waals surface area (Å²) in [5.74, 6) is 0.121. The second kappa shape index (κ2) is 5.84. The van der Waals surface area contributed by atoms with Crippen molar-refractivity contribution in [3.05, 3.63) is 28.5 Å². The Bertz CT molecular complexity index is 487. The number of carbonyl (C=O) groups is 1. The lowest BCUT2D eigenvalue weighted by Gasteiger charge is -2.44. The van der Waals surface area contributed by atoms with Crippen LogP contribution in [-0.4, -0.2) is 28.9 Å². The summed E-state index contributed by atoms with van der Waals surface area (Å²) in [6.45, 7) is 1.81. The van der Waals surface area contributed by atoms with Crippen LogP contribution in [0.2, 0.25) is 0 Å². The number of piperidine rings is 1. The van der Waals surface area contributed by atoms with Crippen molar-refractivity contribution >= 4 is 21.8 Å². The van der Waals surface area contributed by atoms with Crippen molar-refractivity contribution in [2.24, 2.45) is 5.41 Å². The van der Waals surface area contributed by atoms with Crippen LogP contribution < -0.4 is 0 Å². The zero-order chi connectivity index (χ0) is 14.0. The van der Waals surface area contributed by atoms with Crippen LogP contribution in [-0.2, 0) is 0 Å². The van der Waals surface area contributed by atoms with E-state index >= 15 is 0 Å². The lowest BCUT2D eigenvalue weighted by Crippen LogP contribution is -2.44. The first-order valence-corrected chi connectivity index (χ1v) is 8.39. The number of pyridine rings is 1. The zero-order valence-electron chi connectivity index (χ0n) is 11.8. The Balaban J connectivity index is 1.66. The molecule has 108 valence electrons. The first-order valence-electron chi connectivity index (χ1n) is 7.60. The molecule has 1 spiro atoms. The number of aromatic nitrogens is 1. The molecule has 0 radical (unpaired) electrons. The van der Waals surface area contributed by atoms with Crippen molar-refractivity contribution in [3.63, 3.8) is 0 Å². The molecule has 1 saturated heterocycles. The fourth-order valence-corrected chi connectivity index (χ4v) is 4.12. The maximum Gasteiger partial charge on any atom is 0.256 e. The maximum absolute atomic E-state index is 12.5. The molecule has 0 bridgehead atoms. The molecule has 1 aromatic rings. The van der Waals surface area contributed by atoms with E-state index in [1.165, 1.54) is 44.9 Å². The molecule has 2 aliphatic rings. The van der Waals surface area contributed by atoms with Crippen LogP contribution in [0.5, 0.6) is 0 Å². The highest BCUT2D eigenvalue weighted by Gasteiger charge is 2.36. The number of likely N-dealkylation sites (tertiary alicyclic amines) is 1. The van der Waals surface area contributed by atoms with E-state index in [0.717, 1.165) is 13.1 Å². The van der Waals surface area contributed by atoms with Gasteiger partial charge in [-0.25, -0.2) is 4.98 Å². The number of carbonyl (C=O) groups excluding carboxylic acids is 1. The molecule has 2 fully saturated rings. The van der Waals surface area contributed by atoms with Crippen molar-refractivity contribution in [2.75, 3.05) is 13.1 Å². The summed E-state index contributed by atoms with van der Waals surface area (Å²) in [5.41, 5.74) is 1.23. The molecule has 1 aliphatic carbocycles. The fraction of sp³-hybridized carbons (Fsp3) is 0.625. The summed E-state index contributed by atoms with van der Waals surface area (Å²) in [6.07, 6.45) is 10.9. The van der Waals surface area contributed by atoms with Crippen LogP contribution in [0, 0.1) is 5.41 Å². The lowest BCUT2D eigenvalue weighted by molar-refractivity contribution is 0.0471. The molecule has 2 heterocycles. The van der Waals surface area contributed by atoms with Gasteiger partial charge in [0.1, 0.15) is 4.60 Å². The Kier molecular flexibility index (Phi) is 4.11. The summed E-state index contributed by atoms with van der Waals surface area (Å²) in [6, 6.07) is 3.68. The van der Waals surface area contributed by atoms with Crippen molar-refractivity contribution in [1.29, 1.82) is 0 Å². The Morgan fingerprint density at radius 2 is 1.85 bits per heavy atom. The number of rotatable bonds is 1. The molecule has 1 aliphatic heterocycles. The van der Waals surface area contributed by atoms with Crippen LogP contribution in [0.1, 0.15) is 55.3 Å². The van der Waals surface area contributed by atoms with Gasteiger partial charge in [0.15, 0.2) is 0 Å². The third-order valence-corrected chi connectivity index (χ3v) is 5.65. The Morgan fingerprint density at radius 1 is 1.15 bits per heavy atom. The number of hydrogen-bond acceptors (Lipinski definition) is 2. The second-order valence-electron chi connectivity index (χ2n) is 6.19. The summed E-state index contributed by atoms with van der Waals surface area (Å²) in [5, 5.41) is 0. The van der Waals surface area contributed by atoms with E-state index in [1.807, 2.05) is 17.0 Å². The van der Waals surface area contributed by atoms with Gasteiger partial charge in [0.2, 0.25) is 0 Å². The molecule has 0 N–H and O–H groups in total. The monoisotopic (exact) mass is 336 g/mol. The standard InChI is InChI=1S/C16H21BrN2O/c17-14-13(5-4-10-18-14)15(20)19-11-8-16(9-12-19)6-2-1-3-7-16/h4-5,10H,1-3,6-9,11-12H2. The number of amides is 1. The normalized spacial score (nSPS) is 21.9. The maximum atomic E-state index is 12.5. The van der Waals surface area contributed by atoms with E-state index in [2.05, 4.69) is 20.9 Å². The van der Waals surface area contributed by atoms with Gasteiger partial charge in [0, 0.05) is 19.3 Å². The summed E-state index contributed by atoms with van der Waals surface area (Å²) in [7, 11) is 0. The minimum absolute atomic E-state index is 0.121. The van der Waals surface area contributed by atoms with E-state index in [0.29, 0.717) is 15.6 Å². The molecule has 0 aromatic carbocycles. The third kappa shape index (κ3) is 2.76. The van der Waals surface area contributed by atoms with Crippen molar-refractivity contribution < 1.29 is 4.79 Å². The van der Waals surface area contributed by atoms with E-state index < -0.39 is 0 Å². The summed E-state index contributed by atoms with van der Waals surface area (Å²) >= 11 is 3.37. The molecule has 3 rings (SSSR count). The average molecular weight is 337 g/mol. The first kappa shape index (κ1) is 14.1. The van der Waals surface area contributed by atoms with E-state index in [4.69, 9.17) is 0 Å². The topological polar surface area (TPSA) is 33.2 Å². The molecular formula is C16H21BrN2O. The summed E-state index contributed by atoms with van der Waals surface area (Å²) < 4.78 is 0.656. The quantitative estimate of drug-likeness (QED) is 0.725. The van der Waals surface area contributed by atoms with Crippen LogP contribution in [0.15, 0.2) is 22.9 Å². The van der Waals surface area contributed by atoms with E-state index in [1.54, 1.807) is 6.20 Å². The van der Waals surface area contributed by atoms with E-state index in [-0.39, 0.29) is 5.91 Å². The highest BCUT2D eigenvalue weighted by Crippen LogP contribution is 2.44. The van der Waals surface area contributed by atoms with Crippen molar-refractivity contribution in [3.8, 4) is 0 Å². The fourth-order valence-electron chi connectivity index (χ4n) is 3.70. The van der Waals surface area contributed by atoms with Crippen LogP contribution in [0.3, 0.4) is 0 Å². The Labute approximate surface area is 128 Å². The lowest BCUT2D eigenvalue weighted by atomic mass is 9.68. The Hall–Kier alpha value is -0.900. The van der Waals surface area contributed by atoms with Gasteiger partial charge in [-0.15, -0.1) is 0 Å². The predicted octanol–water partition coefficient (Wildman–Crippen LogP) is 4.03. The van der Waals surface area contributed by atoms with Gasteiger partial charge in [0.25, 0.3) is 5.91 Å². The molecular weight excluding hydrogens is 316 g/mol. The van der Waals surface area contributed by atoms with Gasteiger partial charge in [-0.2, -0.15) is 0 Å². The third-order valence-electron chi connectivity index (χ3n) is 5.02. The van der Waals surface area contributed by atoms with Gasteiger partial charge >= 0.3 is 0 Å². The van der Waals surface area contributed by atoms with E-state index in [9.17, 15) is 4.79 Å². The number of halogens is 1. The molecule has 3 nitrogen and oxygen atoms in total. The molecule has 4 heteroatoms. The minimum Gasteiger partial charge on any atom is -0.339 e. The van der Waals surface area contributed by atoms with Crippen LogP contribution in [0.25, 0.3) is 0 Å². The summed E-state index contributed by atoms with van der Waals surface area (Å²) in [4.78, 5) is 18.7. The van der Waals surface area contributed by atoms with Gasteiger partial charge in [-0.1, -0.05) is 19.3 Å². The predicted molar refractivity (Wildman–Crippen MR) is 82.6 cm³/mol. The van der Waals surface area contributed by atoms with Gasteiger partial charge < -0.3 is 4.90 Å². The number of hydrogen-bond donors (Lipinski definition) is 0. The second-order valence-corrected chi connectivity index (χ2v) is 6.95. The molecule has 0 unspecified atom stereocenters. The molecule has 0 atom stereocenters. The SMILES string of the molecule is O=C(c1cccnc1Br)N1CCC2(CCCCC2)CC1. The smallest absolute Gasteiger partial charge is 0.256 e. The largest absolute Gasteiger partial charge is 0.339 e. The average Bonchev–Trinajstić information content (AvgIpc) is 2.49.